The first-order chi connectivity index (χ1) is 9.50. The Morgan fingerprint density at radius 1 is 1.05 bits per heavy atom. The van der Waals surface area contributed by atoms with E-state index in [1.165, 1.54) is 12.1 Å². The normalized spacial score (nSPS) is 15.2. The molecule has 20 heavy (non-hydrogen) atoms. The maximum Gasteiger partial charge on any atom is 0.288 e. The van der Waals surface area contributed by atoms with E-state index in [1.54, 1.807) is 48.5 Å². The van der Waals surface area contributed by atoms with E-state index in [2.05, 4.69) is 0 Å². The summed E-state index contributed by atoms with van der Waals surface area (Å²) >= 11 is 0. The minimum Gasteiger partial charge on any atom is -0.796 e. The summed E-state index contributed by atoms with van der Waals surface area (Å²) in [6.07, 6.45) is -0.457. The van der Waals surface area contributed by atoms with E-state index < -0.39 is 19.6 Å². The van der Waals surface area contributed by atoms with Gasteiger partial charge in [-0.15, -0.1) is 0 Å². The van der Waals surface area contributed by atoms with Gasteiger partial charge in [0, 0.05) is 5.56 Å². The third kappa shape index (κ3) is 3.32. The largest absolute Gasteiger partial charge is 0.796 e. The van der Waals surface area contributed by atoms with Gasteiger partial charge in [0.2, 0.25) is 4.92 Å². The molecule has 6 heteroatoms. The third-order valence-corrected chi connectivity index (χ3v) is 4.93. The van der Waals surface area contributed by atoms with Crippen LogP contribution in [-0.2, 0) is 4.57 Å². The van der Waals surface area contributed by atoms with Crippen molar-refractivity contribution in [3.63, 3.8) is 0 Å². The maximum atomic E-state index is 12.3. The van der Waals surface area contributed by atoms with Gasteiger partial charge in [-0.2, -0.15) is 0 Å². The van der Waals surface area contributed by atoms with Crippen LogP contribution in [0.3, 0.4) is 0 Å². The van der Waals surface area contributed by atoms with Crippen LogP contribution in [0, 0.1) is 4.91 Å². The fraction of sp³-hybridized carbons (Fsp3) is 0.143. The zero-order valence-electron chi connectivity index (χ0n) is 10.6. The first-order valence-electron chi connectivity index (χ1n) is 6.06. The molecule has 2 aromatic carbocycles. The van der Waals surface area contributed by atoms with Crippen molar-refractivity contribution in [2.24, 2.45) is 0 Å². The molecule has 0 saturated heterocycles. The van der Waals surface area contributed by atoms with Crippen molar-refractivity contribution >= 4 is 12.7 Å². The molecule has 0 aromatic heterocycles. The SMILES string of the molecule is O=[N+](O)C(CP(=O)([O-])c1ccccc1)c1ccccc1. The van der Waals surface area contributed by atoms with E-state index in [9.17, 15) is 19.6 Å². The Balaban J connectivity index is 2.30. The molecule has 1 N–H and O–H groups in total. The third-order valence-electron chi connectivity index (χ3n) is 3.01. The first-order valence-corrected chi connectivity index (χ1v) is 7.87. The van der Waals surface area contributed by atoms with Crippen LogP contribution < -0.4 is 10.2 Å². The lowest BCUT2D eigenvalue weighted by molar-refractivity contribution is -0.818. The molecular formula is C14H14NO4P. The molecule has 0 heterocycles. The predicted octanol–water partition coefficient (Wildman–Crippen LogP) is 1.86. The summed E-state index contributed by atoms with van der Waals surface area (Å²) in [5, 5.41) is 9.35. The standard InChI is InChI=1S/C14H14NO4P/c16-15(17)14(12-7-3-1-4-8-12)11-20(18,19)13-9-5-2-6-10-13/h1-10,14H,11H2,(H-,16,17,18,19). The fourth-order valence-electron chi connectivity index (χ4n) is 1.97. The highest BCUT2D eigenvalue weighted by Gasteiger charge is 2.32. The quantitative estimate of drug-likeness (QED) is 0.673. The van der Waals surface area contributed by atoms with Gasteiger partial charge in [-0.1, -0.05) is 60.7 Å². The molecule has 2 aromatic rings. The predicted molar refractivity (Wildman–Crippen MR) is 73.1 cm³/mol. The molecule has 0 saturated carbocycles. The summed E-state index contributed by atoms with van der Waals surface area (Å²) in [4.78, 5) is 23.2. The smallest absolute Gasteiger partial charge is 0.288 e. The highest BCUT2D eigenvalue weighted by Crippen LogP contribution is 2.39. The second-order valence-electron chi connectivity index (χ2n) is 4.42. The average molecular weight is 291 g/mol. The molecule has 0 aliphatic heterocycles. The Labute approximate surface area is 116 Å². The Kier molecular flexibility index (Phi) is 4.32. The van der Waals surface area contributed by atoms with Gasteiger partial charge in [0.15, 0.2) is 0 Å². The molecular weight excluding hydrogens is 277 g/mol. The van der Waals surface area contributed by atoms with Crippen molar-refractivity contribution in [1.29, 1.82) is 0 Å². The molecule has 0 spiro atoms. The second-order valence-corrected chi connectivity index (χ2v) is 6.65. The van der Waals surface area contributed by atoms with Crippen molar-refractivity contribution in [3.05, 3.63) is 71.1 Å². The van der Waals surface area contributed by atoms with Crippen molar-refractivity contribution < 1.29 is 19.6 Å². The van der Waals surface area contributed by atoms with Crippen molar-refractivity contribution in [2.45, 2.75) is 6.04 Å². The monoisotopic (exact) mass is 291 g/mol. The Hall–Kier alpha value is -1.97. The Morgan fingerprint density at radius 3 is 2.05 bits per heavy atom. The van der Waals surface area contributed by atoms with E-state index in [4.69, 9.17) is 0 Å². The van der Waals surface area contributed by atoms with Gasteiger partial charge in [0.1, 0.15) is 0 Å². The van der Waals surface area contributed by atoms with Gasteiger partial charge in [0.05, 0.1) is 18.4 Å². The molecule has 2 unspecified atom stereocenters. The van der Waals surface area contributed by atoms with Crippen LogP contribution in [0.4, 0.5) is 0 Å². The first kappa shape index (κ1) is 14.4. The lowest BCUT2D eigenvalue weighted by Crippen LogP contribution is -2.25. The highest BCUT2D eigenvalue weighted by atomic mass is 31.2. The lowest BCUT2D eigenvalue weighted by atomic mass is 10.1. The summed E-state index contributed by atoms with van der Waals surface area (Å²) in [5.74, 6) is 0. The average Bonchev–Trinajstić information content (AvgIpc) is 2.46. The lowest BCUT2D eigenvalue weighted by Gasteiger charge is -2.24. The Bertz CT molecular complexity index is 630. The summed E-state index contributed by atoms with van der Waals surface area (Å²) in [5.41, 5.74) is 0.456. The van der Waals surface area contributed by atoms with E-state index in [0.29, 0.717) is 5.56 Å². The van der Waals surface area contributed by atoms with Crippen molar-refractivity contribution in [3.8, 4) is 0 Å². The fourth-order valence-corrected chi connectivity index (χ4v) is 3.61. The maximum absolute atomic E-state index is 12.3. The van der Waals surface area contributed by atoms with Gasteiger partial charge < -0.3 is 9.46 Å². The molecule has 0 amide bonds. The van der Waals surface area contributed by atoms with E-state index in [0.717, 1.165) is 0 Å². The van der Waals surface area contributed by atoms with Crippen LogP contribution in [0.15, 0.2) is 60.7 Å². The summed E-state index contributed by atoms with van der Waals surface area (Å²) in [6.45, 7) is 0. The molecule has 104 valence electrons. The second kappa shape index (κ2) is 5.99. The van der Waals surface area contributed by atoms with Gasteiger partial charge in [-0.3, -0.25) is 0 Å². The van der Waals surface area contributed by atoms with E-state index in [1.807, 2.05) is 0 Å². The van der Waals surface area contributed by atoms with Gasteiger partial charge in [-0.25, -0.2) is 5.21 Å². The topological polar surface area (TPSA) is 80.4 Å². The molecule has 5 nitrogen and oxygen atoms in total. The van der Waals surface area contributed by atoms with Gasteiger partial charge in [0.25, 0.3) is 6.04 Å². The number of nitrogens with zero attached hydrogens (tertiary/aromatic N) is 1. The van der Waals surface area contributed by atoms with Crippen LogP contribution in [0.25, 0.3) is 0 Å². The molecule has 2 atom stereocenters. The van der Waals surface area contributed by atoms with Crippen LogP contribution in [-0.4, -0.2) is 16.3 Å². The summed E-state index contributed by atoms with van der Waals surface area (Å²) in [6, 6.07) is 15.1. The molecule has 0 fully saturated rings. The van der Waals surface area contributed by atoms with E-state index in [-0.39, 0.29) is 10.2 Å². The van der Waals surface area contributed by atoms with Crippen LogP contribution in [0.1, 0.15) is 11.6 Å². The highest BCUT2D eigenvalue weighted by molar-refractivity contribution is 7.64. The van der Waals surface area contributed by atoms with Crippen molar-refractivity contribution in [1.82, 2.24) is 0 Å². The van der Waals surface area contributed by atoms with Crippen LogP contribution >= 0.6 is 7.37 Å². The molecule has 0 bridgehead atoms. The van der Waals surface area contributed by atoms with E-state index >= 15 is 0 Å². The zero-order chi connectivity index (χ0) is 14.6. The molecule has 0 aliphatic carbocycles. The van der Waals surface area contributed by atoms with Gasteiger partial charge >= 0.3 is 0 Å². The van der Waals surface area contributed by atoms with Crippen molar-refractivity contribution in [2.75, 3.05) is 6.16 Å². The minimum absolute atomic E-state index is 0.155. The minimum atomic E-state index is -3.97. The number of benzene rings is 2. The summed E-state index contributed by atoms with van der Waals surface area (Å²) in [7, 11) is -3.97. The Morgan fingerprint density at radius 2 is 1.55 bits per heavy atom. The van der Waals surface area contributed by atoms with Gasteiger partial charge in [-0.05, 0) is 5.30 Å². The number of rotatable bonds is 5. The molecule has 0 aliphatic rings. The summed E-state index contributed by atoms with van der Waals surface area (Å²) < 4.78 is 12.3. The molecule has 2 rings (SSSR count). The van der Waals surface area contributed by atoms with Crippen LogP contribution in [0.2, 0.25) is 0 Å². The van der Waals surface area contributed by atoms with Crippen LogP contribution in [0.5, 0.6) is 0 Å². The molecule has 0 radical (unpaired) electrons. The zero-order valence-corrected chi connectivity index (χ0v) is 11.5. The number of hydrogen-bond donors (Lipinski definition) is 1. The number of hydrogen-bond acceptors (Lipinski definition) is 3.